The van der Waals surface area contributed by atoms with Gasteiger partial charge >= 0.3 is 0 Å². The second-order valence-electron chi connectivity index (χ2n) is 4.98. The minimum absolute atomic E-state index is 0.510. The molecule has 0 unspecified atom stereocenters. The number of rotatable bonds is 3. The van der Waals surface area contributed by atoms with Crippen LogP contribution in [0.3, 0.4) is 0 Å². The number of aromatic nitrogens is 4. The van der Waals surface area contributed by atoms with E-state index in [1.165, 1.54) is 11.3 Å². The molecule has 0 aliphatic heterocycles. The van der Waals surface area contributed by atoms with Crippen LogP contribution < -0.4 is 4.74 Å². The molecule has 0 radical (unpaired) electrons. The Labute approximate surface area is 151 Å². The lowest BCUT2D eigenvalue weighted by Gasteiger charge is -2.01. The van der Waals surface area contributed by atoms with Gasteiger partial charge in [0.1, 0.15) is 10.8 Å². The Balaban J connectivity index is 1.80. The van der Waals surface area contributed by atoms with E-state index in [9.17, 15) is 0 Å². The van der Waals surface area contributed by atoms with E-state index in [2.05, 4.69) is 15.3 Å². The Bertz CT molecular complexity index is 1030. The van der Waals surface area contributed by atoms with Crippen molar-refractivity contribution in [2.24, 2.45) is 0 Å². The largest absolute Gasteiger partial charge is 0.497 e. The van der Waals surface area contributed by atoms with Crippen LogP contribution in [-0.4, -0.2) is 26.9 Å². The highest BCUT2D eigenvalue weighted by Crippen LogP contribution is 2.32. The van der Waals surface area contributed by atoms with Crippen molar-refractivity contribution in [3.8, 4) is 27.7 Å². The molecule has 8 heteroatoms. The fraction of sp³-hybridized carbons (Fsp3) is 0.0625. The van der Waals surface area contributed by atoms with Crippen molar-refractivity contribution in [1.29, 1.82) is 0 Å². The Kier molecular flexibility index (Phi) is 3.88. The first kappa shape index (κ1) is 15.4. The molecule has 2 aromatic heterocycles. The van der Waals surface area contributed by atoms with Gasteiger partial charge in [0, 0.05) is 16.1 Å². The van der Waals surface area contributed by atoms with Crippen LogP contribution in [-0.2, 0) is 0 Å². The molecule has 0 spiro atoms. The number of nitrogens with zero attached hydrogens (tertiary/aromatic N) is 4. The SMILES string of the molecule is COc1ccc(-c2nn3c(-c4ccc(Cl)cc4Cl)nnc3s2)cc1. The van der Waals surface area contributed by atoms with Gasteiger partial charge < -0.3 is 4.74 Å². The van der Waals surface area contributed by atoms with Crippen LogP contribution in [0.15, 0.2) is 42.5 Å². The van der Waals surface area contributed by atoms with Gasteiger partial charge in [-0.2, -0.15) is 9.61 Å². The molecule has 2 heterocycles. The number of hydrogen-bond acceptors (Lipinski definition) is 5. The number of halogens is 2. The van der Waals surface area contributed by atoms with E-state index in [1.807, 2.05) is 30.3 Å². The van der Waals surface area contributed by atoms with Gasteiger partial charge in [0.05, 0.1) is 12.1 Å². The first-order valence-electron chi connectivity index (χ1n) is 6.98. The van der Waals surface area contributed by atoms with E-state index in [0.29, 0.717) is 20.8 Å². The van der Waals surface area contributed by atoms with Gasteiger partial charge in [0.25, 0.3) is 0 Å². The van der Waals surface area contributed by atoms with Crippen molar-refractivity contribution in [2.45, 2.75) is 0 Å². The summed E-state index contributed by atoms with van der Waals surface area (Å²) in [4.78, 5) is 0.696. The second kappa shape index (κ2) is 6.05. The van der Waals surface area contributed by atoms with E-state index in [4.69, 9.17) is 27.9 Å². The first-order valence-corrected chi connectivity index (χ1v) is 8.55. The van der Waals surface area contributed by atoms with Gasteiger partial charge in [-0.05, 0) is 42.5 Å². The highest BCUT2D eigenvalue weighted by atomic mass is 35.5. The molecule has 5 nitrogen and oxygen atoms in total. The summed E-state index contributed by atoms with van der Waals surface area (Å²) < 4.78 is 6.87. The van der Waals surface area contributed by atoms with E-state index < -0.39 is 0 Å². The molecule has 0 fully saturated rings. The smallest absolute Gasteiger partial charge is 0.235 e. The number of fused-ring (bicyclic) bond motifs is 1. The zero-order valence-electron chi connectivity index (χ0n) is 12.4. The van der Waals surface area contributed by atoms with Crippen LogP contribution in [0.4, 0.5) is 0 Å². The minimum atomic E-state index is 0.510. The van der Waals surface area contributed by atoms with E-state index in [0.717, 1.165) is 21.9 Å². The Hall–Kier alpha value is -2.15. The van der Waals surface area contributed by atoms with E-state index >= 15 is 0 Å². The topological polar surface area (TPSA) is 52.3 Å². The predicted octanol–water partition coefficient (Wildman–Crippen LogP) is 4.84. The lowest BCUT2D eigenvalue weighted by Crippen LogP contribution is -1.92. The summed E-state index contributed by atoms with van der Waals surface area (Å²) in [5, 5.41) is 14.9. The molecule has 2 aromatic carbocycles. The van der Waals surface area contributed by atoms with Crippen molar-refractivity contribution in [2.75, 3.05) is 7.11 Å². The van der Waals surface area contributed by atoms with Crippen molar-refractivity contribution in [1.82, 2.24) is 19.8 Å². The third-order valence-electron chi connectivity index (χ3n) is 3.50. The van der Waals surface area contributed by atoms with Crippen LogP contribution >= 0.6 is 34.5 Å². The first-order chi connectivity index (χ1) is 11.7. The maximum Gasteiger partial charge on any atom is 0.235 e. The lowest BCUT2D eigenvalue weighted by molar-refractivity contribution is 0.415. The third kappa shape index (κ3) is 2.62. The van der Waals surface area contributed by atoms with Crippen LogP contribution in [0, 0.1) is 0 Å². The zero-order chi connectivity index (χ0) is 16.7. The Morgan fingerprint density at radius 1 is 1.04 bits per heavy atom. The van der Waals surface area contributed by atoms with Crippen molar-refractivity contribution in [3.05, 3.63) is 52.5 Å². The fourth-order valence-corrected chi connectivity index (χ4v) is 3.64. The molecule has 0 N–H and O–H groups in total. The minimum Gasteiger partial charge on any atom is -0.497 e. The average molecular weight is 377 g/mol. The standard InChI is InChI=1S/C16H10Cl2N4OS/c1-23-11-5-2-9(3-6-11)15-21-22-14(19-20-16(22)24-15)12-7-4-10(17)8-13(12)18/h2-8H,1H3. The Morgan fingerprint density at radius 3 is 2.54 bits per heavy atom. The van der Waals surface area contributed by atoms with E-state index in [-0.39, 0.29) is 0 Å². The maximum absolute atomic E-state index is 6.27. The number of ether oxygens (including phenoxy) is 1. The molecule has 0 saturated carbocycles. The van der Waals surface area contributed by atoms with E-state index in [1.54, 1.807) is 23.8 Å². The molecule has 0 aliphatic rings. The molecule has 0 amide bonds. The summed E-state index contributed by atoms with van der Waals surface area (Å²) in [6.07, 6.45) is 0. The van der Waals surface area contributed by atoms with Crippen LogP contribution in [0.2, 0.25) is 10.0 Å². The summed E-state index contributed by atoms with van der Waals surface area (Å²) in [6, 6.07) is 13.0. The monoisotopic (exact) mass is 376 g/mol. The number of methoxy groups -OCH3 is 1. The third-order valence-corrected chi connectivity index (χ3v) is 5.00. The molecule has 0 atom stereocenters. The van der Waals surface area contributed by atoms with Gasteiger partial charge in [-0.15, -0.1) is 10.2 Å². The molecule has 0 aliphatic carbocycles. The summed E-state index contributed by atoms with van der Waals surface area (Å²) in [6.45, 7) is 0. The molecule has 24 heavy (non-hydrogen) atoms. The summed E-state index contributed by atoms with van der Waals surface area (Å²) >= 11 is 13.7. The normalized spacial score (nSPS) is 11.1. The second-order valence-corrected chi connectivity index (χ2v) is 6.78. The van der Waals surface area contributed by atoms with Crippen molar-refractivity contribution in [3.63, 3.8) is 0 Å². The Morgan fingerprint density at radius 2 is 1.83 bits per heavy atom. The fourth-order valence-electron chi connectivity index (χ4n) is 2.31. The number of benzene rings is 2. The van der Waals surface area contributed by atoms with Crippen molar-refractivity contribution < 1.29 is 4.74 Å². The summed E-state index contributed by atoms with van der Waals surface area (Å²) in [5.41, 5.74) is 1.72. The van der Waals surface area contributed by atoms with Crippen LogP contribution in [0.25, 0.3) is 26.9 Å². The van der Waals surface area contributed by atoms with Gasteiger partial charge in [-0.25, -0.2) is 0 Å². The highest BCUT2D eigenvalue weighted by Gasteiger charge is 2.16. The van der Waals surface area contributed by atoms with Gasteiger partial charge in [-0.3, -0.25) is 0 Å². The summed E-state index contributed by atoms with van der Waals surface area (Å²) in [7, 11) is 1.64. The maximum atomic E-state index is 6.27. The lowest BCUT2D eigenvalue weighted by atomic mass is 10.2. The number of hydrogen-bond donors (Lipinski definition) is 0. The molecule has 0 saturated heterocycles. The van der Waals surface area contributed by atoms with Crippen LogP contribution in [0.1, 0.15) is 0 Å². The molecule has 120 valence electrons. The molecular weight excluding hydrogens is 367 g/mol. The molecule has 4 rings (SSSR count). The quantitative estimate of drug-likeness (QED) is 0.513. The average Bonchev–Trinajstić information content (AvgIpc) is 3.16. The van der Waals surface area contributed by atoms with Gasteiger partial charge in [0.15, 0.2) is 5.82 Å². The summed E-state index contributed by atoms with van der Waals surface area (Å²) in [5.74, 6) is 1.39. The predicted molar refractivity (Wildman–Crippen MR) is 96.1 cm³/mol. The van der Waals surface area contributed by atoms with Crippen molar-refractivity contribution >= 4 is 39.5 Å². The zero-order valence-corrected chi connectivity index (χ0v) is 14.7. The highest BCUT2D eigenvalue weighted by molar-refractivity contribution is 7.19. The molecule has 4 aromatic rings. The molecule has 0 bridgehead atoms. The molecular formula is C16H10Cl2N4OS. The van der Waals surface area contributed by atoms with Crippen LogP contribution in [0.5, 0.6) is 5.75 Å². The van der Waals surface area contributed by atoms with Gasteiger partial charge in [-0.1, -0.05) is 34.5 Å². The van der Waals surface area contributed by atoms with Gasteiger partial charge in [0.2, 0.25) is 4.96 Å².